The van der Waals surface area contributed by atoms with Gasteiger partial charge in [0.2, 0.25) is 5.91 Å². The molecule has 0 spiro atoms. The van der Waals surface area contributed by atoms with Crippen molar-refractivity contribution in [1.29, 1.82) is 0 Å². The topological polar surface area (TPSA) is 78.5 Å². The summed E-state index contributed by atoms with van der Waals surface area (Å²) in [5.41, 5.74) is 0.908. The van der Waals surface area contributed by atoms with E-state index in [2.05, 4.69) is 17.2 Å². The Morgan fingerprint density at radius 3 is 2.29 bits per heavy atom. The first-order valence-corrected chi connectivity index (χ1v) is 10.3. The average molecular weight is 423 g/mol. The number of piperidine rings is 1. The van der Waals surface area contributed by atoms with Crippen LogP contribution in [0.4, 0.5) is 4.39 Å². The van der Waals surface area contributed by atoms with Crippen molar-refractivity contribution in [2.75, 3.05) is 19.6 Å². The molecule has 6 nitrogen and oxygen atoms in total. The molecular formula is C24H26FN3O3. The average Bonchev–Trinajstić information content (AvgIpc) is 2.81. The van der Waals surface area contributed by atoms with Crippen LogP contribution >= 0.6 is 0 Å². The molecule has 2 aromatic carbocycles. The van der Waals surface area contributed by atoms with E-state index >= 15 is 0 Å². The number of benzene rings is 2. The normalized spacial score (nSPS) is 15.1. The Morgan fingerprint density at radius 1 is 1.03 bits per heavy atom. The molecule has 1 aliphatic rings. The highest BCUT2D eigenvalue weighted by Gasteiger charge is 2.34. The predicted molar refractivity (Wildman–Crippen MR) is 116 cm³/mol. The summed E-state index contributed by atoms with van der Waals surface area (Å²) in [6.07, 6.45) is 2.71. The zero-order valence-electron chi connectivity index (χ0n) is 17.2. The summed E-state index contributed by atoms with van der Waals surface area (Å²) in [6.45, 7) is 4.81. The van der Waals surface area contributed by atoms with Crippen LogP contribution in [0, 0.1) is 11.7 Å². The maximum Gasteiger partial charge on any atom is 0.253 e. The number of hydrogen-bond donors (Lipinski definition) is 2. The third kappa shape index (κ3) is 5.78. The lowest BCUT2D eigenvalue weighted by Crippen LogP contribution is -2.53. The van der Waals surface area contributed by atoms with Crippen molar-refractivity contribution in [2.24, 2.45) is 5.92 Å². The lowest BCUT2D eigenvalue weighted by atomic mass is 9.88. The summed E-state index contributed by atoms with van der Waals surface area (Å²) >= 11 is 0. The standard InChI is InChI=1S/C24H26FN3O3/c1-2-14-26-23(30)21(27-22(29)18-6-4-3-5-7-18)17-12-15-28(16-13-17)24(31)19-8-10-20(25)11-9-19/h2-11,17,21H,1,12-16H2,(H,26,30)(H,27,29). The number of nitrogens with one attached hydrogen (secondary N) is 2. The van der Waals surface area contributed by atoms with Gasteiger partial charge in [-0.25, -0.2) is 4.39 Å². The number of amides is 3. The molecule has 162 valence electrons. The van der Waals surface area contributed by atoms with E-state index in [9.17, 15) is 18.8 Å². The van der Waals surface area contributed by atoms with Crippen molar-refractivity contribution in [3.63, 3.8) is 0 Å². The third-order valence-corrected chi connectivity index (χ3v) is 5.42. The van der Waals surface area contributed by atoms with Crippen LogP contribution in [0.1, 0.15) is 33.6 Å². The third-order valence-electron chi connectivity index (χ3n) is 5.42. The molecule has 2 aromatic rings. The van der Waals surface area contributed by atoms with Crippen LogP contribution in [0.5, 0.6) is 0 Å². The predicted octanol–water partition coefficient (Wildman–Crippen LogP) is 2.78. The molecule has 1 unspecified atom stereocenters. The molecule has 1 heterocycles. The fraction of sp³-hybridized carbons (Fsp3) is 0.292. The van der Waals surface area contributed by atoms with E-state index in [1.165, 1.54) is 24.3 Å². The summed E-state index contributed by atoms with van der Waals surface area (Å²) < 4.78 is 13.1. The van der Waals surface area contributed by atoms with Gasteiger partial charge >= 0.3 is 0 Å². The Morgan fingerprint density at radius 2 is 1.68 bits per heavy atom. The molecule has 0 aliphatic carbocycles. The second-order valence-electron chi connectivity index (χ2n) is 7.49. The van der Waals surface area contributed by atoms with Crippen molar-refractivity contribution < 1.29 is 18.8 Å². The molecule has 0 saturated carbocycles. The Hall–Kier alpha value is -3.48. The van der Waals surface area contributed by atoms with Gasteiger partial charge in [0.15, 0.2) is 0 Å². The zero-order valence-corrected chi connectivity index (χ0v) is 17.2. The molecule has 1 saturated heterocycles. The van der Waals surface area contributed by atoms with Crippen molar-refractivity contribution in [2.45, 2.75) is 18.9 Å². The van der Waals surface area contributed by atoms with Crippen LogP contribution < -0.4 is 10.6 Å². The SMILES string of the molecule is C=CCNC(=O)C(NC(=O)c1ccccc1)C1CCN(C(=O)c2ccc(F)cc2)CC1. The molecule has 3 amide bonds. The van der Waals surface area contributed by atoms with Crippen LogP contribution in [-0.4, -0.2) is 48.3 Å². The van der Waals surface area contributed by atoms with Crippen LogP contribution in [0.2, 0.25) is 0 Å². The molecule has 7 heteroatoms. The van der Waals surface area contributed by atoms with Crippen LogP contribution in [0.3, 0.4) is 0 Å². The number of carbonyl (C=O) groups excluding carboxylic acids is 3. The highest BCUT2D eigenvalue weighted by Crippen LogP contribution is 2.23. The molecule has 1 atom stereocenters. The quantitative estimate of drug-likeness (QED) is 0.673. The zero-order chi connectivity index (χ0) is 22.2. The van der Waals surface area contributed by atoms with Gasteiger partial charge in [-0.1, -0.05) is 24.3 Å². The fourth-order valence-corrected chi connectivity index (χ4v) is 3.71. The van der Waals surface area contributed by atoms with Gasteiger partial charge in [-0.05, 0) is 55.2 Å². The minimum Gasteiger partial charge on any atom is -0.351 e. The van der Waals surface area contributed by atoms with Gasteiger partial charge < -0.3 is 15.5 Å². The Balaban J connectivity index is 1.66. The van der Waals surface area contributed by atoms with Gasteiger partial charge in [0.25, 0.3) is 11.8 Å². The number of hydrogen-bond acceptors (Lipinski definition) is 3. The molecule has 0 bridgehead atoms. The van der Waals surface area contributed by atoms with E-state index in [-0.39, 0.29) is 23.6 Å². The van der Waals surface area contributed by atoms with Gasteiger partial charge in [0, 0.05) is 30.8 Å². The molecule has 1 fully saturated rings. The van der Waals surface area contributed by atoms with Crippen LogP contribution in [0.15, 0.2) is 67.3 Å². The van der Waals surface area contributed by atoms with Crippen molar-refractivity contribution in [3.05, 3.63) is 84.2 Å². The van der Waals surface area contributed by atoms with Gasteiger partial charge in [0.05, 0.1) is 0 Å². The van der Waals surface area contributed by atoms with Crippen LogP contribution in [-0.2, 0) is 4.79 Å². The van der Waals surface area contributed by atoms with E-state index in [1.54, 1.807) is 35.2 Å². The molecule has 1 aliphatic heterocycles. The smallest absolute Gasteiger partial charge is 0.253 e. The number of rotatable bonds is 7. The van der Waals surface area contributed by atoms with Gasteiger partial charge in [-0.2, -0.15) is 0 Å². The van der Waals surface area contributed by atoms with E-state index in [0.29, 0.717) is 43.6 Å². The van der Waals surface area contributed by atoms with E-state index in [4.69, 9.17) is 0 Å². The highest BCUT2D eigenvalue weighted by atomic mass is 19.1. The summed E-state index contributed by atoms with van der Waals surface area (Å²) in [5, 5.41) is 5.63. The van der Waals surface area contributed by atoms with Crippen molar-refractivity contribution >= 4 is 17.7 Å². The van der Waals surface area contributed by atoms with E-state index < -0.39 is 11.9 Å². The van der Waals surface area contributed by atoms with E-state index in [1.807, 2.05) is 6.07 Å². The number of nitrogens with zero attached hydrogens (tertiary/aromatic N) is 1. The molecule has 0 radical (unpaired) electrons. The first-order chi connectivity index (χ1) is 15.0. The minimum absolute atomic E-state index is 0.116. The summed E-state index contributed by atoms with van der Waals surface area (Å²) in [4.78, 5) is 39.8. The molecule has 3 rings (SSSR count). The second kappa shape index (κ2) is 10.5. The summed E-state index contributed by atoms with van der Waals surface area (Å²) in [7, 11) is 0. The minimum atomic E-state index is -0.712. The first kappa shape index (κ1) is 22.2. The largest absolute Gasteiger partial charge is 0.351 e. The Kier molecular flexibility index (Phi) is 7.54. The van der Waals surface area contributed by atoms with Gasteiger partial charge in [-0.15, -0.1) is 6.58 Å². The lowest BCUT2D eigenvalue weighted by Gasteiger charge is -2.35. The van der Waals surface area contributed by atoms with Gasteiger partial charge in [-0.3, -0.25) is 14.4 Å². The fourth-order valence-electron chi connectivity index (χ4n) is 3.71. The maximum atomic E-state index is 13.1. The highest BCUT2D eigenvalue weighted by molar-refractivity contribution is 5.97. The first-order valence-electron chi connectivity index (χ1n) is 10.3. The monoisotopic (exact) mass is 423 g/mol. The second-order valence-corrected chi connectivity index (χ2v) is 7.49. The van der Waals surface area contributed by atoms with Crippen molar-refractivity contribution in [1.82, 2.24) is 15.5 Å². The van der Waals surface area contributed by atoms with Crippen molar-refractivity contribution in [3.8, 4) is 0 Å². The molecule has 0 aromatic heterocycles. The lowest BCUT2D eigenvalue weighted by molar-refractivity contribution is -0.124. The van der Waals surface area contributed by atoms with Gasteiger partial charge in [0.1, 0.15) is 11.9 Å². The number of carbonyl (C=O) groups is 3. The maximum absolute atomic E-state index is 13.1. The summed E-state index contributed by atoms with van der Waals surface area (Å²) in [5.74, 6) is -1.26. The van der Waals surface area contributed by atoms with Crippen LogP contribution in [0.25, 0.3) is 0 Å². The van der Waals surface area contributed by atoms with E-state index in [0.717, 1.165) is 0 Å². The molecular weight excluding hydrogens is 397 g/mol. The Bertz CT molecular complexity index is 923. The summed E-state index contributed by atoms with van der Waals surface area (Å²) in [6, 6.07) is 13.5. The number of halogens is 1. The Labute approximate surface area is 181 Å². The molecule has 2 N–H and O–H groups in total. The number of likely N-dealkylation sites (tertiary alicyclic amines) is 1. The molecule has 31 heavy (non-hydrogen) atoms.